The number of ketones is 1. The number of carbonyl (C=O) groups excluding carboxylic acids is 2. The molecule has 0 saturated carbocycles. The zero-order valence-corrected chi connectivity index (χ0v) is 10.3. The quantitative estimate of drug-likeness (QED) is 0.673. The number of carbonyl (C=O) groups is 2. The van der Waals surface area contributed by atoms with Gasteiger partial charge in [0.05, 0.1) is 5.92 Å². The fourth-order valence-electron chi connectivity index (χ4n) is 2.38. The maximum absolute atomic E-state index is 12.3. The minimum atomic E-state index is -0.154. The van der Waals surface area contributed by atoms with Crippen LogP contribution in [0.2, 0.25) is 0 Å². The van der Waals surface area contributed by atoms with E-state index < -0.39 is 0 Å². The number of hydrogen-bond acceptors (Lipinski definition) is 3. The summed E-state index contributed by atoms with van der Waals surface area (Å²) in [7, 11) is 0. The second kappa shape index (κ2) is 4.69. The molecular formula is C16H13NO2. The van der Waals surface area contributed by atoms with E-state index in [1.165, 1.54) is 0 Å². The molecule has 3 nitrogen and oxygen atoms in total. The Morgan fingerprint density at radius 3 is 2.63 bits per heavy atom. The van der Waals surface area contributed by atoms with Gasteiger partial charge in [-0.15, -0.1) is 0 Å². The molecule has 2 aromatic rings. The van der Waals surface area contributed by atoms with Crippen LogP contribution in [0.1, 0.15) is 27.4 Å². The van der Waals surface area contributed by atoms with Crippen LogP contribution >= 0.6 is 0 Å². The molecule has 1 aliphatic heterocycles. The second-order valence-corrected chi connectivity index (χ2v) is 4.62. The molecule has 0 aromatic heterocycles. The van der Waals surface area contributed by atoms with Crippen molar-refractivity contribution in [3.8, 4) is 0 Å². The molecular weight excluding hydrogens is 238 g/mol. The molecule has 0 radical (unpaired) electrons. The fourth-order valence-corrected chi connectivity index (χ4v) is 2.38. The summed E-state index contributed by atoms with van der Waals surface area (Å²) in [6.45, 7) is 0.613. The molecule has 0 saturated heterocycles. The Balaban J connectivity index is 1.99. The van der Waals surface area contributed by atoms with Crippen LogP contribution in [-0.2, 0) is 4.79 Å². The van der Waals surface area contributed by atoms with Gasteiger partial charge in [0.25, 0.3) is 0 Å². The highest BCUT2D eigenvalue weighted by Crippen LogP contribution is 2.31. The topological polar surface area (TPSA) is 46.2 Å². The minimum absolute atomic E-state index is 0.0139. The van der Waals surface area contributed by atoms with Gasteiger partial charge in [-0.1, -0.05) is 30.3 Å². The molecule has 1 N–H and O–H groups in total. The van der Waals surface area contributed by atoms with Gasteiger partial charge in [-0.25, -0.2) is 0 Å². The van der Waals surface area contributed by atoms with Crippen LogP contribution in [0, 0.1) is 0 Å². The van der Waals surface area contributed by atoms with Crippen molar-refractivity contribution in [1.29, 1.82) is 0 Å². The maximum atomic E-state index is 12.3. The number of hydrogen-bond donors (Lipinski definition) is 1. The first-order valence-electron chi connectivity index (χ1n) is 6.22. The summed E-state index contributed by atoms with van der Waals surface area (Å²) in [5, 5.41) is 3.16. The summed E-state index contributed by atoms with van der Waals surface area (Å²) in [5.41, 5.74) is 3.15. The number of rotatable bonds is 3. The van der Waals surface area contributed by atoms with Gasteiger partial charge < -0.3 is 10.1 Å². The highest BCUT2D eigenvalue weighted by molar-refractivity contribution is 6.09. The van der Waals surface area contributed by atoms with Crippen LogP contribution < -0.4 is 5.32 Å². The molecule has 0 amide bonds. The lowest BCUT2D eigenvalue weighted by Gasteiger charge is -2.06. The van der Waals surface area contributed by atoms with E-state index in [2.05, 4.69) is 5.32 Å². The van der Waals surface area contributed by atoms with E-state index in [1.807, 2.05) is 30.3 Å². The molecule has 2 aromatic carbocycles. The van der Waals surface area contributed by atoms with Crippen molar-refractivity contribution >= 4 is 17.8 Å². The summed E-state index contributed by atoms with van der Waals surface area (Å²) in [5.74, 6) is -0.168. The lowest BCUT2D eigenvalue weighted by atomic mass is 9.96. The van der Waals surface area contributed by atoms with Crippen LogP contribution in [0.15, 0.2) is 48.5 Å². The highest BCUT2D eigenvalue weighted by atomic mass is 16.1. The predicted molar refractivity (Wildman–Crippen MR) is 73.6 cm³/mol. The van der Waals surface area contributed by atoms with E-state index in [9.17, 15) is 9.59 Å². The third-order valence-electron chi connectivity index (χ3n) is 3.43. The molecule has 1 aliphatic rings. The molecule has 3 heteroatoms. The van der Waals surface area contributed by atoms with Gasteiger partial charge in [-0.05, 0) is 23.8 Å². The van der Waals surface area contributed by atoms with Crippen LogP contribution in [0.5, 0.6) is 0 Å². The second-order valence-electron chi connectivity index (χ2n) is 4.62. The van der Waals surface area contributed by atoms with Gasteiger partial charge in [0.2, 0.25) is 0 Å². The highest BCUT2D eigenvalue weighted by Gasteiger charge is 2.23. The summed E-state index contributed by atoms with van der Waals surface area (Å²) in [4.78, 5) is 23.3. The normalized spacial score (nSPS) is 16.5. The Labute approximate surface area is 111 Å². The van der Waals surface area contributed by atoms with Crippen LogP contribution in [-0.4, -0.2) is 18.6 Å². The zero-order valence-electron chi connectivity index (χ0n) is 10.3. The largest absolute Gasteiger partial charge is 0.384 e. The summed E-state index contributed by atoms with van der Waals surface area (Å²) < 4.78 is 0. The Morgan fingerprint density at radius 1 is 1.11 bits per heavy atom. The van der Waals surface area contributed by atoms with Gasteiger partial charge in [0.1, 0.15) is 6.29 Å². The van der Waals surface area contributed by atoms with Gasteiger partial charge >= 0.3 is 0 Å². The monoisotopic (exact) mass is 251 g/mol. The van der Waals surface area contributed by atoms with Crippen molar-refractivity contribution in [2.24, 2.45) is 0 Å². The number of aldehydes is 1. The third-order valence-corrected chi connectivity index (χ3v) is 3.43. The molecule has 0 bridgehead atoms. The standard InChI is InChI=1S/C16H13NO2/c18-10-13-9-17-15-7-6-12(8-14(13)15)16(19)11-4-2-1-3-5-11/h1-8,10,13,17H,9H2. The van der Waals surface area contributed by atoms with Crippen LogP contribution in [0.25, 0.3) is 0 Å². The summed E-state index contributed by atoms with van der Waals surface area (Å²) in [6.07, 6.45) is 0.926. The predicted octanol–water partition coefficient (Wildman–Crippen LogP) is 2.63. The molecule has 19 heavy (non-hydrogen) atoms. The van der Waals surface area contributed by atoms with Gasteiger partial charge in [0, 0.05) is 23.4 Å². The van der Waals surface area contributed by atoms with Crippen molar-refractivity contribution in [3.63, 3.8) is 0 Å². The molecule has 94 valence electrons. The summed E-state index contributed by atoms with van der Waals surface area (Å²) in [6, 6.07) is 14.7. The fraction of sp³-hybridized carbons (Fsp3) is 0.125. The van der Waals surface area contributed by atoms with Crippen molar-refractivity contribution < 1.29 is 9.59 Å². The first-order valence-corrected chi connectivity index (χ1v) is 6.22. The SMILES string of the molecule is O=CC1CNc2ccc(C(=O)c3ccccc3)cc21. The van der Waals surface area contributed by atoms with Crippen LogP contribution in [0.3, 0.4) is 0 Å². The number of benzene rings is 2. The van der Waals surface area contributed by atoms with Crippen molar-refractivity contribution in [1.82, 2.24) is 0 Å². The molecule has 1 unspecified atom stereocenters. The van der Waals surface area contributed by atoms with Crippen molar-refractivity contribution in [3.05, 3.63) is 65.2 Å². The molecule has 0 fully saturated rings. The number of fused-ring (bicyclic) bond motifs is 1. The average Bonchev–Trinajstić information content (AvgIpc) is 2.89. The van der Waals surface area contributed by atoms with Gasteiger partial charge in [-0.2, -0.15) is 0 Å². The minimum Gasteiger partial charge on any atom is -0.384 e. The van der Waals surface area contributed by atoms with E-state index >= 15 is 0 Å². The van der Waals surface area contributed by atoms with E-state index in [4.69, 9.17) is 0 Å². The number of anilines is 1. The van der Waals surface area contributed by atoms with Crippen molar-refractivity contribution in [2.45, 2.75) is 5.92 Å². The lowest BCUT2D eigenvalue weighted by molar-refractivity contribution is -0.108. The van der Waals surface area contributed by atoms with Gasteiger partial charge in [-0.3, -0.25) is 4.79 Å². The van der Waals surface area contributed by atoms with E-state index in [0.717, 1.165) is 17.5 Å². The summed E-state index contributed by atoms with van der Waals surface area (Å²) >= 11 is 0. The Bertz CT molecular complexity index is 634. The van der Waals surface area contributed by atoms with Crippen LogP contribution in [0.4, 0.5) is 5.69 Å². The smallest absolute Gasteiger partial charge is 0.193 e. The average molecular weight is 251 g/mol. The maximum Gasteiger partial charge on any atom is 0.193 e. The zero-order chi connectivity index (χ0) is 13.2. The first kappa shape index (κ1) is 11.7. The molecule has 0 spiro atoms. The Hall–Kier alpha value is -2.42. The Kier molecular flexibility index (Phi) is 2.88. The third kappa shape index (κ3) is 2.03. The van der Waals surface area contributed by atoms with Crippen molar-refractivity contribution in [2.75, 3.05) is 11.9 Å². The van der Waals surface area contributed by atoms with E-state index in [0.29, 0.717) is 17.7 Å². The number of nitrogens with one attached hydrogen (secondary N) is 1. The molecule has 3 rings (SSSR count). The van der Waals surface area contributed by atoms with E-state index in [1.54, 1.807) is 18.2 Å². The van der Waals surface area contributed by atoms with Gasteiger partial charge in [0.15, 0.2) is 5.78 Å². The van der Waals surface area contributed by atoms with E-state index in [-0.39, 0.29) is 11.7 Å². The first-order chi connectivity index (χ1) is 9.29. The molecule has 0 aliphatic carbocycles. The molecule has 1 heterocycles. The Morgan fingerprint density at radius 2 is 1.89 bits per heavy atom. The molecule has 1 atom stereocenters. The lowest BCUT2D eigenvalue weighted by Crippen LogP contribution is -2.04.